The standard InChI is InChI=1S/C12H18N2O4.CH4/c1-12(2)7-13(3-8-5-17-8)11(16)14(10(12)15)4-9-6-18-9;/h8-9H,3-7H2,1-2H3;1H4. The highest BCUT2D eigenvalue weighted by Gasteiger charge is 2.47. The van der Waals surface area contributed by atoms with Gasteiger partial charge in [-0.25, -0.2) is 4.79 Å². The molecule has 6 heteroatoms. The van der Waals surface area contributed by atoms with Gasteiger partial charge in [-0.1, -0.05) is 7.43 Å². The first-order valence-corrected chi connectivity index (χ1v) is 6.31. The normalized spacial score (nSPS) is 32.1. The van der Waals surface area contributed by atoms with E-state index in [1.165, 1.54) is 4.90 Å². The van der Waals surface area contributed by atoms with Crippen molar-refractivity contribution in [3.63, 3.8) is 0 Å². The van der Waals surface area contributed by atoms with Gasteiger partial charge in [0.25, 0.3) is 0 Å². The Kier molecular flexibility index (Phi) is 3.57. The Morgan fingerprint density at radius 3 is 2.21 bits per heavy atom. The summed E-state index contributed by atoms with van der Waals surface area (Å²) in [6.45, 7) is 6.53. The zero-order chi connectivity index (χ0) is 12.9. The highest BCUT2D eigenvalue weighted by atomic mass is 16.6. The zero-order valence-corrected chi connectivity index (χ0v) is 10.7. The second-order valence-corrected chi connectivity index (χ2v) is 5.87. The number of amides is 3. The van der Waals surface area contributed by atoms with Gasteiger partial charge in [-0.15, -0.1) is 0 Å². The largest absolute Gasteiger partial charge is 0.371 e. The molecule has 0 aromatic carbocycles. The summed E-state index contributed by atoms with van der Waals surface area (Å²) >= 11 is 0. The molecule has 2 atom stereocenters. The lowest BCUT2D eigenvalue weighted by Crippen LogP contribution is -2.61. The van der Waals surface area contributed by atoms with Crippen LogP contribution in [0.5, 0.6) is 0 Å². The van der Waals surface area contributed by atoms with Crippen molar-refractivity contribution in [1.29, 1.82) is 0 Å². The number of epoxide rings is 2. The third-order valence-corrected chi connectivity index (χ3v) is 3.53. The van der Waals surface area contributed by atoms with Crippen LogP contribution in [0.1, 0.15) is 21.3 Å². The molecule has 0 spiro atoms. The van der Waals surface area contributed by atoms with Crippen LogP contribution in [-0.2, 0) is 14.3 Å². The van der Waals surface area contributed by atoms with Crippen molar-refractivity contribution in [3.8, 4) is 0 Å². The number of hydrogen-bond donors (Lipinski definition) is 0. The van der Waals surface area contributed by atoms with E-state index < -0.39 is 5.41 Å². The third-order valence-electron chi connectivity index (χ3n) is 3.53. The van der Waals surface area contributed by atoms with Gasteiger partial charge in [0.15, 0.2) is 0 Å². The van der Waals surface area contributed by atoms with Crippen LogP contribution in [0, 0.1) is 5.41 Å². The minimum absolute atomic E-state index is 0. The van der Waals surface area contributed by atoms with Crippen LogP contribution in [0.4, 0.5) is 4.79 Å². The molecule has 3 rings (SSSR count). The van der Waals surface area contributed by atoms with E-state index in [1.807, 2.05) is 13.8 Å². The molecule has 0 aliphatic carbocycles. The summed E-state index contributed by atoms with van der Waals surface area (Å²) in [5, 5.41) is 0. The molecule has 3 aliphatic rings. The summed E-state index contributed by atoms with van der Waals surface area (Å²) < 4.78 is 10.3. The molecule has 0 bridgehead atoms. The fourth-order valence-electron chi connectivity index (χ4n) is 2.34. The van der Waals surface area contributed by atoms with Gasteiger partial charge in [-0.3, -0.25) is 9.69 Å². The lowest BCUT2D eigenvalue weighted by atomic mass is 9.88. The number of hydrogen-bond acceptors (Lipinski definition) is 4. The van der Waals surface area contributed by atoms with Crippen LogP contribution < -0.4 is 0 Å². The van der Waals surface area contributed by atoms with Gasteiger partial charge >= 0.3 is 6.03 Å². The molecular formula is C13H22N2O4. The first-order chi connectivity index (χ1) is 8.47. The average Bonchev–Trinajstić information content (AvgIpc) is 3.15. The lowest BCUT2D eigenvalue weighted by Gasteiger charge is -2.42. The van der Waals surface area contributed by atoms with E-state index in [0.29, 0.717) is 32.8 Å². The minimum Gasteiger partial charge on any atom is -0.371 e. The predicted molar refractivity (Wildman–Crippen MR) is 68.7 cm³/mol. The van der Waals surface area contributed by atoms with E-state index in [1.54, 1.807) is 4.90 Å². The molecule has 3 fully saturated rings. The summed E-state index contributed by atoms with van der Waals surface area (Å²) in [5.41, 5.74) is -0.530. The second-order valence-electron chi connectivity index (χ2n) is 5.87. The molecule has 3 heterocycles. The topological polar surface area (TPSA) is 65.7 Å². The van der Waals surface area contributed by atoms with Crippen molar-refractivity contribution in [2.24, 2.45) is 5.41 Å². The first kappa shape index (κ1) is 14.3. The van der Waals surface area contributed by atoms with Gasteiger partial charge in [-0.2, -0.15) is 0 Å². The molecule has 0 N–H and O–H groups in total. The van der Waals surface area contributed by atoms with Crippen molar-refractivity contribution in [1.82, 2.24) is 9.80 Å². The van der Waals surface area contributed by atoms with E-state index in [-0.39, 0.29) is 31.6 Å². The van der Waals surface area contributed by atoms with Crippen molar-refractivity contribution >= 4 is 11.9 Å². The third kappa shape index (κ3) is 2.90. The van der Waals surface area contributed by atoms with E-state index in [0.717, 1.165) is 0 Å². The van der Waals surface area contributed by atoms with Crippen molar-refractivity contribution in [2.75, 3.05) is 32.8 Å². The lowest BCUT2D eigenvalue weighted by molar-refractivity contribution is -0.142. The number of urea groups is 1. The summed E-state index contributed by atoms with van der Waals surface area (Å²) in [6.07, 6.45) is 0.183. The summed E-state index contributed by atoms with van der Waals surface area (Å²) in [7, 11) is 0. The fraction of sp³-hybridized carbons (Fsp3) is 0.846. The average molecular weight is 270 g/mol. The molecule has 0 saturated carbocycles. The predicted octanol–water partition coefficient (Wildman–Crippen LogP) is 0.710. The SMILES string of the molecule is C.CC1(C)CN(CC2CO2)C(=O)N(CC2CO2)C1=O. The van der Waals surface area contributed by atoms with Gasteiger partial charge in [-0.05, 0) is 13.8 Å². The number of carbonyl (C=O) groups is 2. The molecule has 0 radical (unpaired) electrons. The van der Waals surface area contributed by atoms with Gasteiger partial charge in [0.05, 0.1) is 43.9 Å². The number of imide groups is 1. The molecule has 0 aromatic heterocycles. The maximum absolute atomic E-state index is 12.3. The Balaban J connectivity index is 0.00000133. The maximum atomic E-state index is 12.3. The summed E-state index contributed by atoms with van der Waals surface area (Å²) in [6, 6.07) is -0.203. The molecule has 108 valence electrons. The highest BCUT2D eigenvalue weighted by molar-refractivity contribution is 5.99. The van der Waals surface area contributed by atoms with Crippen molar-refractivity contribution in [2.45, 2.75) is 33.5 Å². The van der Waals surface area contributed by atoms with Gasteiger partial charge in [0.2, 0.25) is 5.91 Å². The molecule has 0 aromatic rings. The van der Waals surface area contributed by atoms with Crippen LogP contribution >= 0.6 is 0 Å². The Labute approximate surface area is 113 Å². The van der Waals surface area contributed by atoms with Crippen LogP contribution in [0.3, 0.4) is 0 Å². The van der Waals surface area contributed by atoms with Gasteiger partial charge in [0, 0.05) is 6.54 Å². The van der Waals surface area contributed by atoms with Crippen molar-refractivity contribution in [3.05, 3.63) is 0 Å². The fourth-order valence-corrected chi connectivity index (χ4v) is 2.34. The number of carbonyl (C=O) groups excluding carboxylic acids is 2. The first-order valence-electron chi connectivity index (χ1n) is 6.31. The molecule has 3 aliphatic heterocycles. The Morgan fingerprint density at radius 1 is 1.16 bits per heavy atom. The molecular weight excluding hydrogens is 248 g/mol. The Morgan fingerprint density at radius 2 is 1.68 bits per heavy atom. The minimum atomic E-state index is -0.530. The number of nitrogens with zero attached hydrogens (tertiary/aromatic N) is 2. The van der Waals surface area contributed by atoms with Gasteiger partial charge in [0.1, 0.15) is 0 Å². The van der Waals surface area contributed by atoms with E-state index in [2.05, 4.69) is 0 Å². The van der Waals surface area contributed by atoms with E-state index in [4.69, 9.17) is 9.47 Å². The second kappa shape index (κ2) is 4.76. The monoisotopic (exact) mass is 270 g/mol. The summed E-state index contributed by atoms with van der Waals surface area (Å²) in [4.78, 5) is 27.6. The van der Waals surface area contributed by atoms with Gasteiger partial charge < -0.3 is 14.4 Å². The van der Waals surface area contributed by atoms with Crippen LogP contribution in [-0.4, -0.2) is 66.8 Å². The molecule has 3 amide bonds. The van der Waals surface area contributed by atoms with Crippen LogP contribution in [0.15, 0.2) is 0 Å². The highest BCUT2D eigenvalue weighted by Crippen LogP contribution is 2.29. The summed E-state index contributed by atoms with van der Waals surface area (Å²) in [5.74, 6) is -0.101. The van der Waals surface area contributed by atoms with Crippen LogP contribution in [0.25, 0.3) is 0 Å². The quantitative estimate of drug-likeness (QED) is 0.706. The molecule has 3 saturated heterocycles. The van der Waals surface area contributed by atoms with Crippen LogP contribution in [0.2, 0.25) is 0 Å². The van der Waals surface area contributed by atoms with E-state index in [9.17, 15) is 9.59 Å². The zero-order valence-electron chi connectivity index (χ0n) is 10.7. The molecule has 19 heavy (non-hydrogen) atoms. The number of ether oxygens (including phenoxy) is 2. The van der Waals surface area contributed by atoms with E-state index >= 15 is 0 Å². The molecule has 2 unspecified atom stereocenters. The maximum Gasteiger partial charge on any atom is 0.326 e. The number of rotatable bonds is 4. The molecule has 6 nitrogen and oxygen atoms in total. The van der Waals surface area contributed by atoms with Crippen molar-refractivity contribution < 1.29 is 19.1 Å². The Bertz CT molecular complexity index is 388. The smallest absolute Gasteiger partial charge is 0.326 e. The Hall–Kier alpha value is -1.14.